The number of carboxylic acid groups (broad SMARTS) is 1. The first-order chi connectivity index (χ1) is 9.79. The second kappa shape index (κ2) is 5.75. The molecular weight excluding hydrogens is 314 g/mol. The third-order valence-electron chi connectivity index (χ3n) is 2.82. The maximum absolute atomic E-state index is 12.3. The summed E-state index contributed by atoms with van der Waals surface area (Å²) in [6.45, 7) is 1.60. The van der Waals surface area contributed by atoms with Gasteiger partial charge in [-0.15, -0.1) is 0 Å². The first kappa shape index (κ1) is 15.3. The van der Waals surface area contributed by atoms with Gasteiger partial charge in [-0.3, -0.25) is 4.72 Å². The maximum Gasteiger partial charge on any atom is 0.335 e. The first-order valence-electron chi connectivity index (χ1n) is 5.92. The van der Waals surface area contributed by atoms with E-state index in [0.717, 1.165) is 6.07 Å². The normalized spacial score (nSPS) is 11.1. The number of sulfonamides is 1. The van der Waals surface area contributed by atoms with E-state index in [2.05, 4.69) is 4.72 Å². The number of benzene rings is 2. The molecule has 0 amide bonds. The molecule has 0 unspecified atom stereocenters. The van der Waals surface area contributed by atoms with Gasteiger partial charge in [0.25, 0.3) is 10.0 Å². The van der Waals surface area contributed by atoms with Gasteiger partial charge in [0, 0.05) is 10.7 Å². The highest BCUT2D eigenvalue weighted by Gasteiger charge is 2.19. The van der Waals surface area contributed by atoms with Crippen LogP contribution in [0.25, 0.3) is 0 Å². The molecule has 0 saturated heterocycles. The highest BCUT2D eigenvalue weighted by atomic mass is 35.5. The monoisotopic (exact) mass is 325 g/mol. The standard InChI is InChI=1S/C14H12ClNO4S/c1-9-2-3-10(14(17)18)8-13(9)21(19,20)16-12-6-4-11(15)5-7-12/h2-8,16H,1H3,(H,17,18). The third-order valence-corrected chi connectivity index (χ3v) is 4.60. The molecule has 0 aliphatic rings. The van der Waals surface area contributed by atoms with Gasteiger partial charge in [-0.1, -0.05) is 17.7 Å². The number of rotatable bonds is 4. The van der Waals surface area contributed by atoms with Crippen molar-refractivity contribution in [2.75, 3.05) is 4.72 Å². The van der Waals surface area contributed by atoms with Crippen LogP contribution in [0.1, 0.15) is 15.9 Å². The molecule has 0 aliphatic heterocycles. The van der Waals surface area contributed by atoms with Gasteiger partial charge < -0.3 is 5.11 Å². The molecular formula is C14H12ClNO4S. The molecule has 0 heterocycles. The second-order valence-corrected chi connectivity index (χ2v) is 6.49. The average molecular weight is 326 g/mol. The lowest BCUT2D eigenvalue weighted by molar-refractivity contribution is 0.0696. The van der Waals surface area contributed by atoms with Crippen molar-refractivity contribution in [2.24, 2.45) is 0 Å². The minimum atomic E-state index is -3.87. The number of carbonyl (C=O) groups is 1. The molecule has 2 rings (SSSR count). The molecule has 0 saturated carbocycles. The fourth-order valence-electron chi connectivity index (χ4n) is 1.75. The number of anilines is 1. The molecule has 0 aliphatic carbocycles. The fraction of sp³-hybridized carbons (Fsp3) is 0.0714. The largest absolute Gasteiger partial charge is 0.478 e. The first-order valence-corrected chi connectivity index (χ1v) is 7.78. The van der Waals surface area contributed by atoms with E-state index in [1.54, 1.807) is 19.1 Å². The van der Waals surface area contributed by atoms with Gasteiger partial charge in [0.1, 0.15) is 0 Å². The van der Waals surface area contributed by atoms with Crippen LogP contribution in [0.15, 0.2) is 47.4 Å². The summed E-state index contributed by atoms with van der Waals surface area (Å²) in [7, 11) is -3.87. The van der Waals surface area contributed by atoms with E-state index in [9.17, 15) is 13.2 Å². The van der Waals surface area contributed by atoms with Crippen LogP contribution in [0.2, 0.25) is 5.02 Å². The van der Waals surface area contributed by atoms with E-state index >= 15 is 0 Å². The van der Waals surface area contributed by atoms with E-state index in [0.29, 0.717) is 16.3 Å². The predicted octanol–water partition coefficient (Wildman–Crippen LogP) is 3.15. The van der Waals surface area contributed by atoms with E-state index in [-0.39, 0.29) is 10.5 Å². The number of aromatic carboxylic acids is 1. The molecule has 110 valence electrons. The minimum Gasteiger partial charge on any atom is -0.478 e. The third kappa shape index (κ3) is 3.53. The molecule has 2 aromatic rings. The van der Waals surface area contributed by atoms with Crippen LogP contribution in [0.3, 0.4) is 0 Å². The quantitative estimate of drug-likeness (QED) is 0.904. The van der Waals surface area contributed by atoms with Crippen molar-refractivity contribution >= 4 is 33.3 Å². The van der Waals surface area contributed by atoms with E-state index in [1.807, 2.05) is 0 Å². The van der Waals surface area contributed by atoms with Gasteiger partial charge >= 0.3 is 5.97 Å². The number of carboxylic acids is 1. The van der Waals surface area contributed by atoms with Crippen molar-refractivity contribution in [2.45, 2.75) is 11.8 Å². The van der Waals surface area contributed by atoms with Crippen LogP contribution >= 0.6 is 11.6 Å². The molecule has 2 aromatic carbocycles. The molecule has 0 bridgehead atoms. The molecule has 2 N–H and O–H groups in total. The fourth-order valence-corrected chi connectivity index (χ4v) is 3.21. The van der Waals surface area contributed by atoms with Gasteiger partial charge in [-0.25, -0.2) is 13.2 Å². The van der Waals surface area contributed by atoms with Gasteiger partial charge in [-0.2, -0.15) is 0 Å². The van der Waals surface area contributed by atoms with E-state index < -0.39 is 16.0 Å². The van der Waals surface area contributed by atoms with E-state index in [1.165, 1.54) is 24.3 Å². The maximum atomic E-state index is 12.3. The molecule has 21 heavy (non-hydrogen) atoms. The lowest BCUT2D eigenvalue weighted by Crippen LogP contribution is -2.15. The summed E-state index contributed by atoms with van der Waals surface area (Å²) >= 11 is 5.74. The molecule has 5 nitrogen and oxygen atoms in total. The van der Waals surface area contributed by atoms with E-state index in [4.69, 9.17) is 16.7 Å². The lowest BCUT2D eigenvalue weighted by atomic mass is 10.1. The van der Waals surface area contributed by atoms with Crippen LogP contribution in [0.4, 0.5) is 5.69 Å². The summed E-state index contributed by atoms with van der Waals surface area (Å²) in [6, 6.07) is 10.1. The van der Waals surface area contributed by atoms with Gasteiger partial charge in [-0.05, 0) is 48.9 Å². The van der Waals surface area contributed by atoms with Crippen molar-refractivity contribution in [3.05, 3.63) is 58.6 Å². The summed E-state index contributed by atoms with van der Waals surface area (Å²) in [5, 5.41) is 9.44. The number of hydrogen-bond donors (Lipinski definition) is 2. The molecule has 0 spiro atoms. The highest BCUT2D eigenvalue weighted by molar-refractivity contribution is 7.92. The van der Waals surface area contributed by atoms with Crippen LogP contribution in [-0.4, -0.2) is 19.5 Å². The van der Waals surface area contributed by atoms with Crippen molar-refractivity contribution < 1.29 is 18.3 Å². The van der Waals surface area contributed by atoms with Crippen LogP contribution < -0.4 is 4.72 Å². The van der Waals surface area contributed by atoms with Crippen LogP contribution in [-0.2, 0) is 10.0 Å². The summed E-state index contributed by atoms with van der Waals surface area (Å²) in [4.78, 5) is 10.9. The number of halogens is 1. The smallest absolute Gasteiger partial charge is 0.335 e. The minimum absolute atomic E-state index is 0.0719. The second-order valence-electron chi connectivity index (χ2n) is 4.40. The Morgan fingerprint density at radius 2 is 1.76 bits per heavy atom. The number of hydrogen-bond acceptors (Lipinski definition) is 3. The molecule has 0 fully saturated rings. The SMILES string of the molecule is Cc1ccc(C(=O)O)cc1S(=O)(=O)Nc1ccc(Cl)cc1. The molecule has 7 heteroatoms. The highest BCUT2D eigenvalue weighted by Crippen LogP contribution is 2.22. The van der Waals surface area contributed by atoms with Gasteiger partial charge in [0.2, 0.25) is 0 Å². The summed E-state index contributed by atoms with van der Waals surface area (Å²) in [6.07, 6.45) is 0. The zero-order valence-electron chi connectivity index (χ0n) is 11.0. The Balaban J connectivity index is 2.41. The Morgan fingerprint density at radius 3 is 2.33 bits per heavy atom. The Bertz CT molecular complexity index is 785. The van der Waals surface area contributed by atoms with Crippen molar-refractivity contribution in [1.29, 1.82) is 0 Å². The zero-order chi connectivity index (χ0) is 15.6. The van der Waals surface area contributed by atoms with Crippen LogP contribution in [0.5, 0.6) is 0 Å². The Labute approximate surface area is 127 Å². The Morgan fingerprint density at radius 1 is 1.14 bits per heavy atom. The number of nitrogens with one attached hydrogen (secondary N) is 1. The Hall–Kier alpha value is -2.05. The summed E-state index contributed by atoms with van der Waals surface area (Å²) in [5.41, 5.74) is 0.720. The van der Waals surface area contributed by atoms with Gasteiger partial charge in [0.05, 0.1) is 10.5 Å². The molecule has 0 aromatic heterocycles. The summed E-state index contributed by atoms with van der Waals surface area (Å²) < 4.78 is 27.1. The zero-order valence-corrected chi connectivity index (χ0v) is 12.6. The molecule has 0 radical (unpaired) electrons. The van der Waals surface area contributed by atoms with Crippen molar-refractivity contribution in [3.8, 4) is 0 Å². The lowest BCUT2D eigenvalue weighted by Gasteiger charge is -2.11. The molecule has 0 atom stereocenters. The van der Waals surface area contributed by atoms with Gasteiger partial charge in [0.15, 0.2) is 0 Å². The predicted molar refractivity (Wildman–Crippen MR) is 80.4 cm³/mol. The average Bonchev–Trinajstić information content (AvgIpc) is 2.41. The number of aryl methyl sites for hydroxylation is 1. The van der Waals surface area contributed by atoms with Crippen molar-refractivity contribution in [3.63, 3.8) is 0 Å². The van der Waals surface area contributed by atoms with Crippen molar-refractivity contribution in [1.82, 2.24) is 0 Å². The van der Waals surface area contributed by atoms with Crippen LogP contribution in [0, 0.1) is 6.92 Å². The topological polar surface area (TPSA) is 83.5 Å². The summed E-state index contributed by atoms with van der Waals surface area (Å²) in [5.74, 6) is -1.18. The Kier molecular flexibility index (Phi) is 4.20.